The average Bonchev–Trinajstić information content (AvgIpc) is 2.75. The van der Waals surface area contributed by atoms with E-state index in [1.165, 1.54) is 11.7 Å². The number of hydrogen-bond donors (Lipinski definition) is 3. The molecule has 1 aliphatic heterocycles. The third-order valence-corrected chi connectivity index (χ3v) is 3.15. The highest BCUT2D eigenvalue weighted by molar-refractivity contribution is 7.80. The molecule has 0 fully saturated rings. The Kier molecular flexibility index (Phi) is 2.37. The van der Waals surface area contributed by atoms with Crippen LogP contribution in [0.1, 0.15) is 11.7 Å². The summed E-state index contributed by atoms with van der Waals surface area (Å²) in [6, 6.07) is 5.76. The van der Waals surface area contributed by atoms with Gasteiger partial charge in [-0.25, -0.2) is 4.99 Å². The molecule has 0 spiro atoms. The zero-order chi connectivity index (χ0) is 11.8. The fraction of sp³-hybridized carbons (Fsp3) is 0.111. The Labute approximate surface area is 106 Å². The van der Waals surface area contributed by atoms with Crippen LogP contribution in [0.3, 0.4) is 0 Å². The lowest BCUT2D eigenvalue weighted by Gasteiger charge is -2.23. The standard InChI is InChI=1S/C9H8N6S2/c10-8-11-7(12-9(16)13-8)4-2-1-3-5-6(4)15-17-14-5/h1-3,7H,(H4,10,11,12,13,16)/t7-/m1/s1. The molecule has 0 saturated heterocycles. The molecule has 0 aliphatic carbocycles. The van der Waals surface area contributed by atoms with Gasteiger partial charge in [-0.05, 0) is 18.3 Å². The zero-order valence-corrected chi connectivity index (χ0v) is 10.2. The van der Waals surface area contributed by atoms with Crippen molar-refractivity contribution >= 4 is 46.1 Å². The Bertz CT molecular complexity index is 619. The quantitative estimate of drug-likeness (QED) is 0.649. The molecule has 8 heteroatoms. The molecule has 17 heavy (non-hydrogen) atoms. The van der Waals surface area contributed by atoms with Crippen molar-refractivity contribution in [1.29, 1.82) is 0 Å². The summed E-state index contributed by atoms with van der Waals surface area (Å²) < 4.78 is 8.45. The second-order valence-corrected chi connectivity index (χ2v) is 4.43. The maximum Gasteiger partial charge on any atom is 0.197 e. The van der Waals surface area contributed by atoms with Gasteiger partial charge >= 0.3 is 0 Å². The Morgan fingerprint density at radius 2 is 2.24 bits per heavy atom. The van der Waals surface area contributed by atoms with Crippen LogP contribution in [0.15, 0.2) is 23.2 Å². The maximum atomic E-state index is 5.65. The van der Waals surface area contributed by atoms with Crippen LogP contribution in [0.25, 0.3) is 11.0 Å². The molecule has 0 saturated carbocycles. The van der Waals surface area contributed by atoms with Crippen molar-refractivity contribution in [3.63, 3.8) is 0 Å². The number of hydrogen-bond acceptors (Lipinski definition) is 6. The topological polar surface area (TPSA) is 88.2 Å². The number of nitrogens with two attached hydrogens (primary N) is 1. The van der Waals surface area contributed by atoms with E-state index >= 15 is 0 Å². The van der Waals surface area contributed by atoms with Crippen molar-refractivity contribution in [2.24, 2.45) is 10.7 Å². The van der Waals surface area contributed by atoms with Crippen LogP contribution in [0.5, 0.6) is 0 Å². The molecule has 1 atom stereocenters. The summed E-state index contributed by atoms with van der Waals surface area (Å²) in [4.78, 5) is 4.25. The van der Waals surface area contributed by atoms with Crippen molar-refractivity contribution in [1.82, 2.24) is 19.4 Å². The van der Waals surface area contributed by atoms with Gasteiger partial charge in [0.15, 0.2) is 17.2 Å². The molecule has 6 nitrogen and oxygen atoms in total. The summed E-state index contributed by atoms with van der Waals surface area (Å²) in [6.07, 6.45) is -0.309. The zero-order valence-electron chi connectivity index (χ0n) is 8.54. The van der Waals surface area contributed by atoms with E-state index in [4.69, 9.17) is 18.0 Å². The molecule has 0 bridgehead atoms. The first-order valence-corrected chi connectivity index (χ1v) is 6.00. The molecule has 0 amide bonds. The maximum absolute atomic E-state index is 5.65. The van der Waals surface area contributed by atoms with Crippen LogP contribution >= 0.6 is 23.9 Å². The lowest BCUT2D eigenvalue weighted by atomic mass is 10.1. The van der Waals surface area contributed by atoms with E-state index in [0.717, 1.165) is 16.6 Å². The summed E-state index contributed by atoms with van der Waals surface area (Å²) in [5.41, 5.74) is 8.25. The molecule has 3 rings (SSSR count). The number of fused-ring (bicyclic) bond motifs is 1. The highest BCUT2D eigenvalue weighted by atomic mass is 32.1. The number of aromatic nitrogens is 2. The summed E-state index contributed by atoms with van der Waals surface area (Å²) in [6.45, 7) is 0. The molecule has 0 radical (unpaired) electrons. The van der Waals surface area contributed by atoms with E-state index in [2.05, 4.69) is 24.4 Å². The molecule has 2 aromatic rings. The van der Waals surface area contributed by atoms with Crippen LogP contribution in [0.2, 0.25) is 0 Å². The largest absolute Gasteiger partial charge is 0.370 e. The Balaban J connectivity index is 2.12. The highest BCUT2D eigenvalue weighted by Gasteiger charge is 2.20. The van der Waals surface area contributed by atoms with Crippen LogP contribution < -0.4 is 16.4 Å². The van der Waals surface area contributed by atoms with Crippen LogP contribution in [0, 0.1) is 0 Å². The first-order valence-electron chi connectivity index (χ1n) is 4.86. The minimum atomic E-state index is -0.309. The molecular formula is C9H8N6S2. The number of thiocarbonyl (C=S) groups is 1. The molecule has 1 aliphatic rings. The monoisotopic (exact) mass is 264 g/mol. The third-order valence-electron chi connectivity index (χ3n) is 2.39. The van der Waals surface area contributed by atoms with Crippen molar-refractivity contribution in [2.75, 3.05) is 0 Å². The van der Waals surface area contributed by atoms with Gasteiger partial charge in [-0.2, -0.15) is 8.75 Å². The molecule has 0 unspecified atom stereocenters. The van der Waals surface area contributed by atoms with Gasteiger partial charge in [-0.15, -0.1) is 0 Å². The SMILES string of the molecule is NC1=N[C@@H](c2cccc3nsnc23)NC(=S)N1. The molecule has 1 aromatic heterocycles. The number of benzene rings is 1. The molecule has 4 N–H and O–H groups in total. The van der Waals surface area contributed by atoms with Gasteiger partial charge in [0.05, 0.1) is 11.7 Å². The van der Waals surface area contributed by atoms with Crippen LogP contribution in [-0.4, -0.2) is 19.8 Å². The predicted molar refractivity (Wildman–Crippen MR) is 70.6 cm³/mol. The van der Waals surface area contributed by atoms with Crippen molar-refractivity contribution in [3.8, 4) is 0 Å². The Hall–Kier alpha value is -1.80. The Morgan fingerprint density at radius 3 is 3.06 bits per heavy atom. The third kappa shape index (κ3) is 1.81. The van der Waals surface area contributed by atoms with E-state index < -0.39 is 0 Å². The number of nitrogens with zero attached hydrogens (tertiary/aromatic N) is 3. The van der Waals surface area contributed by atoms with Gasteiger partial charge in [0.25, 0.3) is 0 Å². The fourth-order valence-electron chi connectivity index (χ4n) is 1.68. The Morgan fingerprint density at radius 1 is 1.35 bits per heavy atom. The first-order chi connectivity index (χ1) is 8.24. The first kappa shape index (κ1) is 10.4. The van der Waals surface area contributed by atoms with Gasteiger partial charge < -0.3 is 16.4 Å². The lowest BCUT2D eigenvalue weighted by molar-refractivity contribution is 0.664. The molecule has 1 aromatic carbocycles. The molecular weight excluding hydrogens is 256 g/mol. The lowest BCUT2D eigenvalue weighted by Crippen LogP contribution is -2.49. The van der Waals surface area contributed by atoms with E-state index in [0.29, 0.717) is 11.1 Å². The smallest absolute Gasteiger partial charge is 0.197 e. The van der Waals surface area contributed by atoms with Gasteiger partial charge in [0.1, 0.15) is 11.0 Å². The van der Waals surface area contributed by atoms with Crippen molar-refractivity contribution in [2.45, 2.75) is 6.17 Å². The van der Waals surface area contributed by atoms with Crippen LogP contribution in [0.4, 0.5) is 0 Å². The number of rotatable bonds is 1. The van der Waals surface area contributed by atoms with E-state index in [1.807, 2.05) is 18.2 Å². The fourth-order valence-corrected chi connectivity index (χ4v) is 2.45. The minimum Gasteiger partial charge on any atom is -0.370 e. The number of nitrogens with one attached hydrogen (secondary N) is 2. The number of aliphatic imine (C=N–C) groups is 1. The second kappa shape index (κ2) is 3.90. The summed E-state index contributed by atoms with van der Waals surface area (Å²) in [5.74, 6) is 0.305. The van der Waals surface area contributed by atoms with Crippen molar-refractivity contribution in [3.05, 3.63) is 23.8 Å². The van der Waals surface area contributed by atoms with Crippen molar-refractivity contribution < 1.29 is 0 Å². The average molecular weight is 264 g/mol. The highest BCUT2D eigenvalue weighted by Crippen LogP contribution is 2.24. The van der Waals surface area contributed by atoms with E-state index in [-0.39, 0.29) is 6.17 Å². The summed E-state index contributed by atoms with van der Waals surface area (Å²) in [5, 5.41) is 6.23. The second-order valence-electron chi connectivity index (χ2n) is 3.49. The number of guanidine groups is 1. The molecule has 86 valence electrons. The van der Waals surface area contributed by atoms with Crippen LogP contribution in [-0.2, 0) is 0 Å². The van der Waals surface area contributed by atoms with Gasteiger partial charge in [-0.1, -0.05) is 12.1 Å². The predicted octanol–water partition coefficient (Wildman–Crippen LogP) is 0.482. The summed E-state index contributed by atoms with van der Waals surface area (Å²) in [7, 11) is 0. The summed E-state index contributed by atoms with van der Waals surface area (Å²) >= 11 is 6.22. The minimum absolute atomic E-state index is 0.305. The van der Waals surface area contributed by atoms with E-state index in [9.17, 15) is 0 Å². The van der Waals surface area contributed by atoms with Gasteiger partial charge in [0, 0.05) is 5.56 Å². The van der Waals surface area contributed by atoms with Gasteiger partial charge in [-0.3, -0.25) is 0 Å². The normalized spacial score (nSPS) is 19.6. The van der Waals surface area contributed by atoms with Gasteiger partial charge in [0.2, 0.25) is 0 Å². The molecule has 2 heterocycles. The van der Waals surface area contributed by atoms with E-state index in [1.54, 1.807) is 0 Å².